The number of nitrogens with zero attached hydrogens (tertiary/aromatic N) is 1. The van der Waals surface area contributed by atoms with Gasteiger partial charge in [-0.25, -0.2) is 0 Å². The molecule has 0 saturated heterocycles. The van der Waals surface area contributed by atoms with Gasteiger partial charge in [0.05, 0.1) is 11.2 Å². The molecule has 0 bridgehead atoms. The summed E-state index contributed by atoms with van der Waals surface area (Å²) in [5, 5.41) is 8.71. The van der Waals surface area contributed by atoms with Crippen molar-refractivity contribution < 1.29 is 0 Å². The maximum absolute atomic E-state index is 4.44. The van der Waals surface area contributed by atoms with E-state index in [0.717, 1.165) is 16.6 Å². The number of hydrogen-bond acceptors (Lipinski definition) is 2. The van der Waals surface area contributed by atoms with Crippen LogP contribution in [0.15, 0.2) is 88.7 Å². The first kappa shape index (κ1) is 14.8. The summed E-state index contributed by atoms with van der Waals surface area (Å²) in [6.45, 7) is 0. The van der Waals surface area contributed by atoms with Crippen molar-refractivity contribution in [2.75, 3.05) is 0 Å². The molecule has 116 valence electrons. The van der Waals surface area contributed by atoms with Crippen molar-refractivity contribution in [2.24, 2.45) is 0 Å². The average Bonchev–Trinajstić information content (AvgIpc) is 3.04. The lowest BCUT2D eigenvalue weighted by Crippen LogP contribution is -1.75. The molecule has 0 aliphatic carbocycles. The van der Waals surface area contributed by atoms with Crippen LogP contribution in [0.1, 0.15) is 11.3 Å². The molecule has 0 aliphatic rings. The molecule has 4 aromatic rings. The summed E-state index contributed by atoms with van der Waals surface area (Å²) in [7, 11) is 0. The van der Waals surface area contributed by atoms with Crippen LogP contribution < -0.4 is 0 Å². The summed E-state index contributed by atoms with van der Waals surface area (Å²) in [6.07, 6.45) is 4.14. The minimum atomic E-state index is 0.963. The Bertz CT molecular complexity index is 973. The van der Waals surface area contributed by atoms with Crippen molar-refractivity contribution in [2.45, 2.75) is 9.79 Å². The zero-order valence-corrected chi connectivity index (χ0v) is 13.8. The Morgan fingerprint density at radius 3 is 2.29 bits per heavy atom. The second kappa shape index (κ2) is 6.77. The summed E-state index contributed by atoms with van der Waals surface area (Å²) < 4.78 is 0. The monoisotopic (exact) mass is 328 g/mol. The van der Waals surface area contributed by atoms with Crippen LogP contribution in [0.4, 0.5) is 0 Å². The first-order valence-corrected chi connectivity index (χ1v) is 8.64. The van der Waals surface area contributed by atoms with Crippen LogP contribution in [0.2, 0.25) is 0 Å². The van der Waals surface area contributed by atoms with Gasteiger partial charge in [0.15, 0.2) is 0 Å². The molecule has 0 unspecified atom stereocenters. The van der Waals surface area contributed by atoms with Gasteiger partial charge in [-0.2, -0.15) is 5.10 Å². The number of aromatic amines is 1. The highest BCUT2D eigenvalue weighted by molar-refractivity contribution is 7.99. The summed E-state index contributed by atoms with van der Waals surface area (Å²) in [4.78, 5) is 2.44. The van der Waals surface area contributed by atoms with Crippen molar-refractivity contribution in [1.82, 2.24) is 10.2 Å². The first-order chi connectivity index (χ1) is 11.9. The standard InChI is InChI=1S/C21H16N2S/c1-3-7-16(8-4-1)11-14-20-19-13-12-18(15-21(19)23-22-20)24-17-9-5-2-6-10-17/h1-15H,(H,22,23). The van der Waals surface area contributed by atoms with E-state index >= 15 is 0 Å². The fourth-order valence-corrected chi connectivity index (χ4v) is 3.45. The van der Waals surface area contributed by atoms with Crippen molar-refractivity contribution in [3.63, 3.8) is 0 Å². The van der Waals surface area contributed by atoms with Gasteiger partial charge in [-0.05, 0) is 42.0 Å². The SMILES string of the molecule is C(=Cc1n[nH]c2cc(Sc3ccccc3)ccc12)c1ccccc1. The van der Waals surface area contributed by atoms with E-state index in [1.165, 1.54) is 15.4 Å². The lowest BCUT2D eigenvalue weighted by atomic mass is 10.1. The largest absolute Gasteiger partial charge is 0.277 e. The molecule has 0 fully saturated rings. The zero-order chi connectivity index (χ0) is 16.2. The molecular weight excluding hydrogens is 312 g/mol. The molecule has 0 aliphatic heterocycles. The predicted molar refractivity (Wildman–Crippen MR) is 102 cm³/mol. The number of fused-ring (bicyclic) bond motifs is 1. The van der Waals surface area contributed by atoms with E-state index in [1.54, 1.807) is 11.8 Å². The Morgan fingerprint density at radius 1 is 0.750 bits per heavy atom. The second-order valence-corrected chi connectivity index (χ2v) is 6.62. The summed E-state index contributed by atoms with van der Waals surface area (Å²) in [5.74, 6) is 0. The molecule has 1 N–H and O–H groups in total. The van der Waals surface area contributed by atoms with Gasteiger partial charge in [0, 0.05) is 15.2 Å². The van der Waals surface area contributed by atoms with Gasteiger partial charge in [0.25, 0.3) is 0 Å². The maximum atomic E-state index is 4.44. The summed E-state index contributed by atoms with van der Waals surface area (Å²) in [5.41, 5.74) is 3.19. The quantitative estimate of drug-likeness (QED) is 0.506. The first-order valence-electron chi connectivity index (χ1n) is 7.83. The Labute approximate surface area is 145 Å². The average molecular weight is 328 g/mol. The summed E-state index contributed by atoms with van der Waals surface area (Å²) >= 11 is 1.76. The number of H-pyrrole nitrogens is 1. The molecule has 0 atom stereocenters. The molecule has 4 rings (SSSR count). The minimum absolute atomic E-state index is 0.963. The molecule has 3 aromatic carbocycles. The number of rotatable bonds is 4. The lowest BCUT2D eigenvalue weighted by molar-refractivity contribution is 1.10. The van der Waals surface area contributed by atoms with Gasteiger partial charge in [0.2, 0.25) is 0 Å². The third-order valence-electron chi connectivity index (χ3n) is 3.78. The van der Waals surface area contributed by atoms with Crippen molar-refractivity contribution in [1.29, 1.82) is 0 Å². The van der Waals surface area contributed by atoms with E-state index in [4.69, 9.17) is 0 Å². The van der Waals surface area contributed by atoms with Crippen LogP contribution in [-0.2, 0) is 0 Å². The van der Waals surface area contributed by atoms with Gasteiger partial charge >= 0.3 is 0 Å². The topological polar surface area (TPSA) is 28.7 Å². The predicted octanol–water partition coefficient (Wildman–Crippen LogP) is 5.88. The maximum Gasteiger partial charge on any atom is 0.0927 e. The van der Waals surface area contributed by atoms with Crippen molar-refractivity contribution in [3.8, 4) is 0 Å². The molecule has 1 heterocycles. The lowest BCUT2D eigenvalue weighted by Gasteiger charge is -2.01. The molecule has 0 saturated carbocycles. The number of aromatic nitrogens is 2. The molecule has 0 spiro atoms. The molecule has 3 heteroatoms. The van der Waals surface area contributed by atoms with E-state index in [1.807, 2.05) is 24.3 Å². The normalized spacial score (nSPS) is 11.3. The second-order valence-electron chi connectivity index (χ2n) is 5.48. The smallest absolute Gasteiger partial charge is 0.0927 e. The highest BCUT2D eigenvalue weighted by Gasteiger charge is 2.05. The van der Waals surface area contributed by atoms with Gasteiger partial charge in [-0.15, -0.1) is 0 Å². The molecule has 24 heavy (non-hydrogen) atoms. The van der Waals surface area contributed by atoms with E-state index in [9.17, 15) is 0 Å². The van der Waals surface area contributed by atoms with E-state index < -0.39 is 0 Å². The molecule has 0 radical (unpaired) electrons. The fraction of sp³-hybridized carbons (Fsp3) is 0. The third-order valence-corrected chi connectivity index (χ3v) is 4.77. The number of benzene rings is 3. The molecule has 0 amide bonds. The Morgan fingerprint density at radius 2 is 1.50 bits per heavy atom. The van der Waals surface area contributed by atoms with Crippen LogP contribution in [-0.4, -0.2) is 10.2 Å². The summed E-state index contributed by atoms with van der Waals surface area (Å²) in [6, 6.07) is 27.1. The molecular formula is C21H16N2S. The molecule has 2 nitrogen and oxygen atoms in total. The fourth-order valence-electron chi connectivity index (χ4n) is 2.57. The van der Waals surface area contributed by atoms with Crippen LogP contribution in [0.3, 0.4) is 0 Å². The highest BCUT2D eigenvalue weighted by atomic mass is 32.2. The van der Waals surface area contributed by atoms with Crippen molar-refractivity contribution >= 4 is 34.8 Å². The van der Waals surface area contributed by atoms with Crippen LogP contribution >= 0.6 is 11.8 Å². The van der Waals surface area contributed by atoms with Crippen LogP contribution in [0.25, 0.3) is 23.1 Å². The van der Waals surface area contributed by atoms with E-state index in [2.05, 4.69) is 76.9 Å². The Kier molecular flexibility index (Phi) is 4.17. The zero-order valence-electron chi connectivity index (χ0n) is 13.0. The van der Waals surface area contributed by atoms with Gasteiger partial charge in [0.1, 0.15) is 0 Å². The third kappa shape index (κ3) is 3.26. The van der Waals surface area contributed by atoms with E-state index in [-0.39, 0.29) is 0 Å². The molecule has 1 aromatic heterocycles. The van der Waals surface area contributed by atoms with Crippen LogP contribution in [0.5, 0.6) is 0 Å². The van der Waals surface area contributed by atoms with E-state index in [0.29, 0.717) is 0 Å². The van der Waals surface area contributed by atoms with Gasteiger partial charge in [-0.1, -0.05) is 66.4 Å². The number of nitrogens with one attached hydrogen (secondary N) is 1. The highest BCUT2D eigenvalue weighted by Crippen LogP contribution is 2.30. The van der Waals surface area contributed by atoms with Gasteiger partial charge < -0.3 is 0 Å². The Balaban J connectivity index is 1.60. The Hall–Kier alpha value is -2.78. The van der Waals surface area contributed by atoms with Crippen LogP contribution in [0, 0.1) is 0 Å². The number of hydrogen-bond donors (Lipinski definition) is 1. The van der Waals surface area contributed by atoms with Crippen molar-refractivity contribution in [3.05, 3.63) is 90.1 Å². The van der Waals surface area contributed by atoms with Gasteiger partial charge in [-0.3, -0.25) is 5.10 Å². The minimum Gasteiger partial charge on any atom is -0.277 e.